The molecular formula is C24H31N3O4. The average Bonchev–Trinajstić information content (AvgIpc) is 3.16. The number of anilines is 1. The molecule has 7 heteroatoms. The van der Waals surface area contributed by atoms with Crippen molar-refractivity contribution in [1.82, 2.24) is 10.2 Å². The molecule has 0 saturated carbocycles. The Balaban J connectivity index is 1.75. The number of para-hydroxylation sites is 1. The molecule has 1 aliphatic rings. The Hall–Kier alpha value is -3.09. The number of likely N-dealkylation sites (tertiary alicyclic amines) is 1. The molecular weight excluding hydrogens is 394 g/mol. The second-order valence-corrected chi connectivity index (χ2v) is 8.37. The maximum Gasteiger partial charge on any atom is 0.291 e. The Morgan fingerprint density at radius 1 is 0.968 bits per heavy atom. The zero-order valence-corrected chi connectivity index (χ0v) is 18.2. The average molecular weight is 426 g/mol. The molecule has 31 heavy (non-hydrogen) atoms. The zero-order chi connectivity index (χ0) is 22.2. The summed E-state index contributed by atoms with van der Waals surface area (Å²) in [5, 5.41) is 5.65. The number of carbonyl (C=O) groups is 3. The van der Waals surface area contributed by atoms with Gasteiger partial charge in [-0.2, -0.15) is 0 Å². The largest absolute Gasteiger partial charge is 0.459 e. The summed E-state index contributed by atoms with van der Waals surface area (Å²) in [4.78, 5) is 40.6. The molecule has 7 nitrogen and oxygen atoms in total. The van der Waals surface area contributed by atoms with Crippen LogP contribution in [0.1, 0.15) is 66.9 Å². The summed E-state index contributed by atoms with van der Waals surface area (Å²) in [5.41, 5.74) is 0.673. The molecule has 1 fully saturated rings. The number of nitrogens with zero attached hydrogens (tertiary/aromatic N) is 1. The first kappa shape index (κ1) is 22.6. The van der Waals surface area contributed by atoms with E-state index in [1.54, 1.807) is 36.4 Å². The van der Waals surface area contributed by atoms with Gasteiger partial charge in [-0.1, -0.05) is 38.8 Å². The Bertz CT molecular complexity index is 884. The van der Waals surface area contributed by atoms with Crippen molar-refractivity contribution in [2.24, 2.45) is 5.92 Å². The molecule has 0 spiro atoms. The predicted octanol–water partition coefficient (Wildman–Crippen LogP) is 4.08. The molecule has 1 saturated heterocycles. The molecule has 1 atom stereocenters. The second-order valence-electron chi connectivity index (χ2n) is 8.37. The normalized spacial score (nSPS) is 15.3. The molecule has 1 aromatic heterocycles. The Labute approximate surface area is 183 Å². The van der Waals surface area contributed by atoms with Crippen LogP contribution in [0.3, 0.4) is 0 Å². The predicted molar refractivity (Wildman–Crippen MR) is 119 cm³/mol. The number of benzene rings is 1. The third-order valence-corrected chi connectivity index (χ3v) is 5.39. The second kappa shape index (κ2) is 10.8. The van der Waals surface area contributed by atoms with E-state index in [0.29, 0.717) is 17.7 Å². The third-order valence-electron chi connectivity index (χ3n) is 5.39. The summed E-state index contributed by atoms with van der Waals surface area (Å²) >= 11 is 0. The van der Waals surface area contributed by atoms with Crippen molar-refractivity contribution in [1.29, 1.82) is 0 Å². The fourth-order valence-electron chi connectivity index (χ4n) is 3.82. The van der Waals surface area contributed by atoms with E-state index in [2.05, 4.69) is 10.6 Å². The first-order valence-corrected chi connectivity index (χ1v) is 11.0. The molecule has 0 aliphatic carbocycles. The van der Waals surface area contributed by atoms with Crippen LogP contribution in [-0.4, -0.2) is 41.8 Å². The number of rotatable bonds is 7. The van der Waals surface area contributed by atoms with E-state index >= 15 is 0 Å². The van der Waals surface area contributed by atoms with Gasteiger partial charge in [-0.15, -0.1) is 0 Å². The lowest BCUT2D eigenvalue weighted by atomic mass is 10.0. The van der Waals surface area contributed by atoms with Crippen LogP contribution in [0.15, 0.2) is 47.1 Å². The van der Waals surface area contributed by atoms with Crippen molar-refractivity contribution in [3.05, 3.63) is 54.0 Å². The van der Waals surface area contributed by atoms with Gasteiger partial charge >= 0.3 is 0 Å². The molecule has 3 rings (SSSR count). The molecule has 1 aliphatic heterocycles. The van der Waals surface area contributed by atoms with E-state index in [1.807, 2.05) is 18.7 Å². The van der Waals surface area contributed by atoms with Gasteiger partial charge in [-0.25, -0.2) is 0 Å². The monoisotopic (exact) mass is 425 g/mol. The number of furan rings is 1. The van der Waals surface area contributed by atoms with Gasteiger partial charge in [-0.3, -0.25) is 14.4 Å². The lowest BCUT2D eigenvalue weighted by Gasteiger charge is -2.28. The van der Waals surface area contributed by atoms with E-state index in [-0.39, 0.29) is 23.5 Å². The molecule has 2 N–H and O–H groups in total. The summed E-state index contributed by atoms with van der Waals surface area (Å²) < 4.78 is 5.12. The lowest BCUT2D eigenvalue weighted by Crippen LogP contribution is -2.49. The fraction of sp³-hybridized carbons (Fsp3) is 0.458. The molecule has 0 radical (unpaired) electrons. The van der Waals surface area contributed by atoms with Crippen LogP contribution >= 0.6 is 0 Å². The SMILES string of the molecule is CC(C)CC(NC(=O)c1ccccc1NC(=O)c1ccco1)C(=O)N1CCCCCC1. The minimum Gasteiger partial charge on any atom is -0.459 e. The van der Waals surface area contributed by atoms with E-state index in [1.165, 1.54) is 6.26 Å². The van der Waals surface area contributed by atoms with Crippen LogP contribution < -0.4 is 10.6 Å². The van der Waals surface area contributed by atoms with Crippen molar-refractivity contribution in [3.63, 3.8) is 0 Å². The summed E-state index contributed by atoms with van der Waals surface area (Å²) in [5.74, 6) is -0.450. The van der Waals surface area contributed by atoms with Crippen molar-refractivity contribution in [2.45, 2.75) is 52.0 Å². The van der Waals surface area contributed by atoms with Crippen LogP contribution in [0.5, 0.6) is 0 Å². The van der Waals surface area contributed by atoms with Gasteiger partial charge in [0.1, 0.15) is 6.04 Å². The Morgan fingerprint density at radius 2 is 1.68 bits per heavy atom. The van der Waals surface area contributed by atoms with Gasteiger partial charge in [0.25, 0.3) is 11.8 Å². The fourth-order valence-corrected chi connectivity index (χ4v) is 3.82. The number of nitrogens with one attached hydrogen (secondary N) is 2. The van der Waals surface area contributed by atoms with Gasteiger partial charge < -0.3 is 20.0 Å². The Morgan fingerprint density at radius 3 is 2.32 bits per heavy atom. The maximum absolute atomic E-state index is 13.2. The van der Waals surface area contributed by atoms with E-state index in [4.69, 9.17) is 4.42 Å². The molecule has 2 aromatic rings. The summed E-state index contributed by atoms with van der Waals surface area (Å²) in [6.45, 7) is 5.54. The first-order valence-electron chi connectivity index (χ1n) is 11.0. The van der Waals surface area contributed by atoms with Crippen molar-refractivity contribution < 1.29 is 18.8 Å². The van der Waals surface area contributed by atoms with Crippen molar-refractivity contribution in [3.8, 4) is 0 Å². The number of amides is 3. The first-order chi connectivity index (χ1) is 15.0. The molecule has 166 valence electrons. The topological polar surface area (TPSA) is 91.6 Å². The molecule has 1 aromatic carbocycles. The summed E-state index contributed by atoms with van der Waals surface area (Å²) in [7, 11) is 0. The van der Waals surface area contributed by atoms with E-state index in [9.17, 15) is 14.4 Å². The molecule has 1 unspecified atom stereocenters. The van der Waals surface area contributed by atoms with Crippen LogP contribution in [0, 0.1) is 5.92 Å². The van der Waals surface area contributed by atoms with E-state index < -0.39 is 11.9 Å². The molecule has 0 bridgehead atoms. The van der Waals surface area contributed by atoms with Crippen molar-refractivity contribution in [2.75, 3.05) is 18.4 Å². The Kier molecular flexibility index (Phi) is 7.87. The third kappa shape index (κ3) is 6.20. The zero-order valence-electron chi connectivity index (χ0n) is 18.2. The molecule has 2 heterocycles. The smallest absolute Gasteiger partial charge is 0.291 e. The van der Waals surface area contributed by atoms with Crippen LogP contribution in [-0.2, 0) is 4.79 Å². The highest BCUT2D eigenvalue weighted by Gasteiger charge is 2.28. The summed E-state index contributed by atoms with van der Waals surface area (Å²) in [6.07, 6.45) is 6.23. The number of hydrogen-bond acceptors (Lipinski definition) is 4. The van der Waals surface area contributed by atoms with Gasteiger partial charge in [0, 0.05) is 13.1 Å². The molecule has 3 amide bonds. The van der Waals surface area contributed by atoms with Crippen LogP contribution in [0.4, 0.5) is 5.69 Å². The standard InChI is InChI=1S/C24H31N3O4/c1-17(2)16-20(24(30)27-13-7-3-4-8-14-27)26-22(28)18-10-5-6-11-19(18)25-23(29)21-12-9-15-31-21/h5-6,9-12,15,17,20H,3-4,7-8,13-14,16H2,1-2H3,(H,25,29)(H,26,28). The van der Waals surface area contributed by atoms with Gasteiger partial charge in [0.15, 0.2) is 5.76 Å². The quantitative estimate of drug-likeness (QED) is 0.699. The van der Waals surface area contributed by atoms with Crippen molar-refractivity contribution >= 4 is 23.4 Å². The van der Waals surface area contributed by atoms with E-state index in [0.717, 1.165) is 38.8 Å². The van der Waals surface area contributed by atoms with Crippen LogP contribution in [0.2, 0.25) is 0 Å². The number of hydrogen-bond donors (Lipinski definition) is 2. The maximum atomic E-state index is 13.2. The highest BCUT2D eigenvalue weighted by molar-refractivity contribution is 6.08. The minimum atomic E-state index is -0.598. The lowest BCUT2D eigenvalue weighted by molar-refractivity contribution is -0.133. The van der Waals surface area contributed by atoms with Crippen LogP contribution in [0.25, 0.3) is 0 Å². The van der Waals surface area contributed by atoms with Gasteiger partial charge in [-0.05, 0) is 49.4 Å². The highest BCUT2D eigenvalue weighted by Crippen LogP contribution is 2.19. The highest BCUT2D eigenvalue weighted by atomic mass is 16.3. The van der Waals surface area contributed by atoms with Gasteiger partial charge in [0.2, 0.25) is 5.91 Å². The summed E-state index contributed by atoms with van der Waals surface area (Å²) in [6, 6.07) is 9.34. The van der Waals surface area contributed by atoms with Gasteiger partial charge in [0.05, 0.1) is 17.5 Å². The minimum absolute atomic E-state index is 0.0268. The number of carbonyl (C=O) groups excluding carboxylic acids is 3.